The first-order valence-electron chi connectivity index (χ1n) is 10.6. The Hall–Kier alpha value is -1.88. The van der Waals surface area contributed by atoms with Gasteiger partial charge in [0.15, 0.2) is 0 Å². The maximum absolute atomic E-state index is 12.7. The zero-order chi connectivity index (χ0) is 20.8. The Morgan fingerprint density at radius 1 is 1.15 bits per heavy atom. The van der Waals surface area contributed by atoms with Crippen molar-refractivity contribution in [1.82, 2.24) is 19.6 Å². The van der Waals surface area contributed by atoms with Crippen molar-refractivity contribution < 1.29 is 4.79 Å². The van der Waals surface area contributed by atoms with Crippen LogP contribution in [0.25, 0.3) is 5.65 Å². The highest BCUT2D eigenvalue weighted by molar-refractivity contribution is 5.95. The molecular weight excluding hydrogens is 336 g/mol. The maximum Gasteiger partial charge on any atom is 0.255 e. The quantitative estimate of drug-likeness (QED) is 0.837. The third kappa shape index (κ3) is 6.98. The number of aryl methyl sites for hydroxylation is 1. The van der Waals surface area contributed by atoms with Crippen molar-refractivity contribution in [3.63, 3.8) is 0 Å². The molecule has 0 aromatic carbocycles. The van der Waals surface area contributed by atoms with Crippen molar-refractivity contribution >= 4 is 11.6 Å². The average Bonchev–Trinajstić information content (AvgIpc) is 3.19. The Balaban J connectivity index is 0.00000103. The van der Waals surface area contributed by atoms with Gasteiger partial charge in [0.25, 0.3) is 5.91 Å². The lowest BCUT2D eigenvalue weighted by molar-refractivity contribution is 0.0689. The molecule has 0 atom stereocenters. The highest BCUT2D eigenvalue weighted by Crippen LogP contribution is 2.20. The molecule has 3 rings (SSSR count). The molecule has 0 unspecified atom stereocenters. The summed E-state index contributed by atoms with van der Waals surface area (Å²) in [5.74, 6) is 0.835. The predicted octanol–water partition coefficient (Wildman–Crippen LogP) is 4.79. The van der Waals surface area contributed by atoms with Gasteiger partial charge in [-0.25, -0.2) is 4.98 Å². The summed E-state index contributed by atoms with van der Waals surface area (Å²) in [5.41, 5.74) is 2.67. The van der Waals surface area contributed by atoms with Gasteiger partial charge in [-0.1, -0.05) is 41.5 Å². The number of aromatic nitrogens is 2. The molecule has 5 heteroatoms. The molecule has 1 fully saturated rings. The SMILES string of the molecule is CC.CC.CC.CNCC1CCN(C(=O)c2cn3ccnc3cc2C)CC1. The van der Waals surface area contributed by atoms with Gasteiger partial charge in [0.1, 0.15) is 5.65 Å². The monoisotopic (exact) mass is 376 g/mol. The number of fused-ring (bicyclic) bond motifs is 1. The molecule has 0 aliphatic carbocycles. The van der Waals surface area contributed by atoms with Gasteiger partial charge in [-0.05, 0) is 50.9 Å². The summed E-state index contributed by atoms with van der Waals surface area (Å²) in [6, 6.07) is 1.97. The van der Waals surface area contributed by atoms with E-state index < -0.39 is 0 Å². The van der Waals surface area contributed by atoms with Crippen LogP contribution in [-0.2, 0) is 0 Å². The summed E-state index contributed by atoms with van der Waals surface area (Å²) < 4.78 is 1.91. The highest BCUT2D eigenvalue weighted by Gasteiger charge is 2.24. The first-order valence-corrected chi connectivity index (χ1v) is 10.6. The summed E-state index contributed by atoms with van der Waals surface area (Å²) >= 11 is 0. The van der Waals surface area contributed by atoms with Gasteiger partial charge < -0.3 is 14.6 Å². The van der Waals surface area contributed by atoms with Gasteiger partial charge in [0.2, 0.25) is 0 Å². The van der Waals surface area contributed by atoms with Gasteiger partial charge in [-0.3, -0.25) is 4.79 Å². The molecule has 0 saturated carbocycles. The fourth-order valence-electron chi connectivity index (χ4n) is 3.08. The van der Waals surface area contributed by atoms with E-state index in [1.165, 1.54) is 0 Å². The molecule has 1 N–H and O–H groups in total. The lowest BCUT2D eigenvalue weighted by atomic mass is 9.96. The van der Waals surface area contributed by atoms with Crippen molar-refractivity contribution in [1.29, 1.82) is 0 Å². The van der Waals surface area contributed by atoms with Gasteiger partial charge >= 0.3 is 0 Å². The molecule has 154 valence electrons. The molecule has 1 aliphatic heterocycles. The molecule has 0 radical (unpaired) electrons. The van der Waals surface area contributed by atoms with E-state index in [-0.39, 0.29) is 5.91 Å². The molecule has 1 saturated heterocycles. The van der Waals surface area contributed by atoms with E-state index in [0.717, 1.165) is 49.2 Å². The van der Waals surface area contributed by atoms with E-state index in [1.54, 1.807) is 6.20 Å². The number of likely N-dealkylation sites (tertiary alicyclic amines) is 1. The van der Waals surface area contributed by atoms with Crippen molar-refractivity contribution in [3.8, 4) is 0 Å². The van der Waals surface area contributed by atoms with Crippen molar-refractivity contribution in [2.45, 2.75) is 61.3 Å². The van der Waals surface area contributed by atoms with Crippen LogP contribution < -0.4 is 5.32 Å². The van der Waals surface area contributed by atoms with Crippen LogP contribution in [0.1, 0.15) is 70.3 Å². The Labute approximate surface area is 166 Å². The van der Waals surface area contributed by atoms with Crippen LogP contribution in [0, 0.1) is 12.8 Å². The van der Waals surface area contributed by atoms with Gasteiger partial charge in [-0.15, -0.1) is 0 Å². The van der Waals surface area contributed by atoms with E-state index in [0.29, 0.717) is 5.92 Å². The smallest absolute Gasteiger partial charge is 0.255 e. The second-order valence-corrected chi connectivity index (χ2v) is 5.86. The summed E-state index contributed by atoms with van der Waals surface area (Å²) in [6.45, 7) is 16.7. The van der Waals surface area contributed by atoms with E-state index >= 15 is 0 Å². The van der Waals surface area contributed by atoms with Crippen LogP contribution in [0.3, 0.4) is 0 Å². The average molecular weight is 377 g/mol. The third-order valence-electron chi connectivity index (χ3n) is 4.36. The molecule has 1 amide bonds. The number of carbonyl (C=O) groups is 1. The number of amides is 1. The van der Waals surface area contributed by atoms with Crippen molar-refractivity contribution in [2.75, 3.05) is 26.7 Å². The second kappa shape index (κ2) is 14.2. The van der Waals surface area contributed by atoms with Crippen LogP contribution in [0.2, 0.25) is 0 Å². The van der Waals surface area contributed by atoms with Gasteiger partial charge in [-0.2, -0.15) is 0 Å². The maximum atomic E-state index is 12.7. The highest BCUT2D eigenvalue weighted by atomic mass is 16.2. The van der Waals surface area contributed by atoms with Crippen LogP contribution in [0.4, 0.5) is 0 Å². The lowest BCUT2D eigenvalue weighted by Gasteiger charge is -2.32. The number of piperidine rings is 1. The fourth-order valence-corrected chi connectivity index (χ4v) is 3.08. The van der Waals surface area contributed by atoms with Crippen molar-refractivity contribution in [2.24, 2.45) is 5.92 Å². The number of nitrogens with one attached hydrogen (secondary N) is 1. The van der Waals surface area contributed by atoms with Gasteiger partial charge in [0.05, 0.1) is 5.56 Å². The number of imidazole rings is 1. The summed E-state index contributed by atoms with van der Waals surface area (Å²) in [6.07, 6.45) is 7.70. The molecule has 0 spiro atoms. The zero-order valence-corrected chi connectivity index (χ0v) is 18.7. The van der Waals surface area contributed by atoms with E-state index in [1.807, 2.05) is 83.3 Å². The Bertz CT molecular complexity index is 643. The van der Waals surface area contributed by atoms with Crippen LogP contribution in [-0.4, -0.2) is 46.9 Å². The first kappa shape index (κ1) is 25.1. The summed E-state index contributed by atoms with van der Waals surface area (Å²) in [5, 5.41) is 3.23. The second-order valence-electron chi connectivity index (χ2n) is 5.86. The number of rotatable bonds is 3. The Morgan fingerprint density at radius 2 is 1.74 bits per heavy atom. The van der Waals surface area contributed by atoms with Crippen LogP contribution in [0.15, 0.2) is 24.7 Å². The molecule has 2 aromatic rings. The molecule has 1 aliphatic rings. The standard InChI is InChI=1S/C16H22N4O.3C2H6/c1-12-9-15-18-5-8-20(15)11-14(12)16(21)19-6-3-13(4-7-19)10-17-2;3*1-2/h5,8-9,11,13,17H,3-4,6-7,10H2,1-2H3;3*1-2H3. The molecular formula is C22H40N4O. The number of carbonyl (C=O) groups excluding carboxylic acids is 1. The lowest BCUT2D eigenvalue weighted by Crippen LogP contribution is -2.40. The van der Waals surface area contributed by atoms with Crippen LogP contribution >= 0.6 is 0 Å². The first-order chi connectivity index (χ1) is 13.2. The molecule has 5 nitrogen and oxygen atoms in total. The number of nitrogens with zero attached hydrogens (tertiary/aromatic N) is 3. The van der Waals surface area contributed by atoms with E-state index in [9.17, 15) is 4.79 Å². The molecule has 0 bridgehead atoms. The van der Waals surface area contributed by atoms with Crippen molar-refractivity contribution in [3.05, 3.63) is 35.8 Å². The Morgan fingerprint density at radius 3 is 2.30 bits per heavy atom. The summed E-state index contributed by atoms with van der Waals surface area (Å²) in [4.78, 5) is 19.0. The van der Waals surface area contributed by atoms with E-state index in [4.69, 9.17) is 0 Å². The predicted molar refractivity (Wildman–Crippen MR) is 117 cm³/mol. The minimum atomic E-state index is 0.144. The minimum absolute atomic E-state index is 0.144. The number of hydrogen-bond donors (Lipinski definition) is 1. The van der Waals surface area contributed by atoms with E-state index in [2.05, 4.69) is 10.3 Å². The third-order valence-corrected chi connectivity index (χ3v) is 4.36. The Kier molecular flexibility index (Phi) is 13.2. The number of hydrogen-bond acceptors (Lipinski definition) is 3. The molecule has 2 aromatic heterocycles. The summed E-state index contributed by atoms with van der Waals surface area (Å²) in [7, 11) is 1.99. The topological polar surface area (TPSA) is 49.6 Å². The molecule has 27 heavy (non-hydrogen) atoms. The number of pyridine rings is 1. The van der Waals surface area contributed by atoms with Crippen LogP contribution in [0.5, 0.6) is 0 Å². The molecule has 3 heterocycles. The fraction of sp³-hybridized carbons (Fsp3) is 0.636. The largest absolute Gasteiger partial charge is 0.339 e. The minimum Gasteiger partial charge on any atom is -0.339 e. The van der Waals surface area contributed by atoms with Gasteiger partial charge in [0, 0.05) is 31.7 Å². The zero-order valence-electron chi connectivity index (χ0n) is 18.7. The normalized spacial score (nSPS) is 13.6.